The Kier molecular flexibility index (Phi) is 10.0. The smallest absolute Gasteiger partial charge is 0.312 e. The Morgan fingerprint density at radius 2 is 1.78 bits per heavy atom. The van der Waals surface area contributed by atoms with Crippen LogP contribution in [0.5, 0.6) is 5.75 Å². The van der Waals surface area contributed by atoms with Gasteiger partial charge >= 0.3 is 17.8 Å². The number of hydrogen-bond acceptors (Lipinski definition) is 6. The molecule has 1 aliphatic rings. The molecule has 0 aromatic heterocycles. The third-order valence-electron chi connectivity index (χ3n) is 6.36. The lowest BCUT2D eigenvalue weighted by atomic mass is 9.95. The molecule has 3 amide bonds. The van der Waals surface area contributed by atoms with Crippen LogP contribution in [0.2, 0.25) is 0 Å². The Hall–Kier alpha value is -4.93. The van der Waals surface area contributed by atoms with Crippen molar-refractivity contribution in [1.82, 2.24) is 10.2 Å². The number of carboxylic acid groups (broad SMARTS) is 1. The van der Waals surface area contributed by atoms with Crippen LogP contribution in [-0.4, -0.2) is 65.2 Å². The monoisotopic (exact) mass is 574 g/mol. The zero-order chi connectivity index (χ0) is 30.3. The van der Waals surface area contributed by atoms with E-state index >= 15 is 0 Å². The second-order valence-electron chi connectivity index (χ2n) is 9.20. The second kappa shape index (κ2) is 13.4. The van der Waals surface area contributed by atoms with Crippen molar-refractivity contribution in [3.05, 3.63) is 64.8 Å². The minimum Gasteiger partial charge on any atom is -0.481 e. The fraction of sp³-hybridized carbons (Fsp3) is 0.333. The van der Waals surface area contributed by atoms with E-state index in [1.54, 1.807) is 12.1 Å². The first-order valence-corrected chi connectivity index (χ1v) is 12.3. The number of aliphatic carboxylic acids is 1. The van der Waals surface area contributed by atoms with Crippen LogP contribution in [0, 0.1) is 36.9 Å². The van der Waals surface area contributed by atoms with Gasteiger partial charge in [0.15, 0.2) is 23.2 Å². The van der Waals surface area contributed by atoms with Crippen molar-refractivity contribution in [3.8, 4) is 5.75 Å². The maximum atomic E-state index is 14.2. The summed E-state index contributed by atoms with van der Waals surface area (Å²) in [6.45, 7) is 7.26. The number of halogens is 3. The van der Waals surface area contributed by atoms with Crippen LogP contribution in [0.1, 0.15) is 24.8 Å². The molecule has 0 radical (unpaired) electrons. The molecular weight excluding hydrogens is 549 g/mol. The van der Waals surface area contributed by atoms with Crippen molar-refractivity contribution in [2.45, 2.75) is 32.2 Å². The normalized spacial score (nSPS) is 14.0. The number of amides is 3. The molecule has 216 valence electrons. The number of rotatable bonds is 9. The second-order valence-corrected chi connectivity index (χ2v) is 9.20. The Labute approximate surface area is 232 Å². The molecule has 11 nitrogen and oxygen atoms in total. The van der Waals surface area contributed by atoms with E-state index in [0.29, 0.717) is 6.07 Å². The molecule has 0 aliphatic carbocycles. The van der Waals surface area contributed by atoms with Crippen molar-refractivity contribution in [2.75, 3.05) is 25.0 Å². The summed E-state index contributed by atoms with van der Waals surface area (Å²) >= 11 is 0. The van der Waals surface area contributed by atoms with Gasteiger partial charge in [0.25, 0.3) is 0 Å². The summed E-state index contributed by atoms with van der Waals surface area (Å²) in [6, 6.07) is 5.13. The van der Waals surface area contributed by atoms with Crippen molar-refractivity contribution in [2.24, 2.45) is 5.92 Å². The number of aryl methyl sites for hydroxylation is 1. The van der Waals surface area contributed by atoms with Crippen molar-refractivity contribution >= 4 is 40.8 Å². The lowest BCUT2D eigenvalue weighted by molar-refractivity contribution is -0.145. The zero-order valence-corrected chi connectivity index (χ0v) is 21.7. The maximum Gasteiger partial charge on any atom is 0.312 e. The number of hydrogen-bond donors (Lipinski definition) is 3. The minimum absolute atomic E-state index is 0.00688. The van der Waals surface area contributed by atoms with Gasteiger partial charge < -0.3 is 25.4 Å². The summed E-state index contributed by atoms with van der Waals surface area (Å²) in [5.74, 6) is -11.2. The number of carboxylic acids is 1. The topological polar surface area (TPSA) is 146 Å². The Balaban J connectivity index is 1.57. The lowest BCUT2D eigenvalue weighted by Crippen LogP contribution is -2.50. The molecule has 0 spiro atoms. The minimum atomic E-state index is -1.66. The molecule has 3 N–H and O–H groups in total. The average molecular weight is 575 g/mol. The van der Waals surface area contributed by atoms with Crippen LogP contribution in [-0.2, 0) is 24.0 Å². The predicted octanol–water partition coefficient (Wildman–Crippen LogP) is 2.75. The molecule has 1 heterocycles. The molecule has 3 rings (SSSR count). The van der Waals surface area contributed by atoms with Gasteiger partial charge in [-0.2, -0.15) is 4.39 Å². The Bertz CT molecular complexity index is 1390. The van der Waals surface area contributed by atoms with E-state index in [1.807, 2.05) is 0 Å². The number of nitrogens with zero attached hydrogens (tertiary/aromatic N) is 2. The van der Waals surface area contributed by atoms with Gasteiger partial charge in [-0.05, 0) is 37.5 Å². The number of carbonyl (C=O) groups is 5. The van der Waals surface area contributed by atoms with E-state index in [1.165, 1.54) is 17.0 Å². The number of ether oxygens (including phenoxy) is 1. The van der Waals surface area contributed by atoms with Crippen molar-refractivity contribution in [3.63, 3.8) is 0 Å². The van der Waals surface area contributed by atoms with Gasteiger partial charge in [-0.15, -0.1) is 0 Å². The van der Waals surface area contributed by atoms with E-state index in [-0.39, 0.29) is 42.9 Å². The summed E-state index contributed by atoms with van der Waals surface area (Å²) in [6.07, 6.45) is -0.676. The maximum absolute atomic E-state index is 14.2. The number of carbonyl (C=O) groups excluding carboxylic acids is 4. The van der Waals surface area contributed by atoms with Crippen LogP contribution < -0.4 is 15.4 Å². The molecule has 1 saturated heterocycles. The summed E-state index contributed by atoms with van der Waals surface area (Å²) in [4.78, 5) is 66.2. The highest BCUT2D eigenvalue weighted by Crippen LogP contribution is 2.27. The molecule has 1 aliphatic heterocycles. The Morgan fingerprint density at radius 3 is 2.41 bits per heavy atom. The third kappa shape index (κ3) is 7.59. The average Bonchev–Trinajstić information content (AvgIpc) is 2.95. The van der Waals surface area contributed by atoms with Crippen molar-refractivity contribution < 1.29 is 47.0 Å². The van der Waals surface area contributed by atoms with Crippen molar-refractivity contribution in [1.29, 1.82) is 0 Å². The van der Waals surface area contributed by atoms with E-state index in [4.69, 9.17) is 11.3 Å². The van der Waals surface area contributed by atoms with Gasteiger partial charge in [0, 0.05) is 24.7 Å². The number of likely N-dealkylation sites (tertiary alicyclic amines) is 1. The number of benzene rings is 2. The first kappa shape index (κ1) is 30.6. The van der Waals surface area contributed by atoms with Gasteiger partial charge in [0.1, 0.15) is 12.6 Å². The number of Topliss-reactive ketones (excluding diaryl/α,β-unsaturated/α-hetero) is 1. The quantitative estimate of drug-likeness (QED) is 0.237. The molecule has 1 fully saturated rings. The van der Waals surface area contributed by atoms with E-state index in [2.05, 4.69) is 15.5 Å². The van der Waals surface area contributed by atoms with Gasteiger partial charge in [-0.25, -0.2) is 13.6 Å². The predicted molar refractivity (Wildman–Crippen MR) is 136 cm³/mol. The first-order chi connectivity index (χ1) is 19.4. The van der Waals surface area contributed by atoms with Gasteiger partial charge in [0.05, 0.1) is 13.0 Å². The number of anilines is 1. The lowest BCUT2D eigenvalue weighted by Gasteiger charge is -2.31. The summed E-state index contributed by atoms with van der Waals surface area (Å²) < 4.78 is 46.5. The van der Waals surface area contributed by atoms with Crippen LogP contribution in [0.3, 0.4) is 0 Å². The number of ketones is 1. The molecule has 2 aromatic rings. The fourth-order valence-corrected chi connectivity index (χ4v) is 4.12. The molecule has 2 aromatic carbocycles. The Morgan fingerprint density at radius 1 is 1.12 bits per heavy atom. The van der Waals surface area contributed by atoms with E-state index in [0.717, 1.165) is 6.92 Å². The SMILES string of the molecule is [C-]#[N+]c1ccccc1NC(=O)C(=O)N1CCC(C(=O)N[C@@H](CC(=O)O)C(=O)COc2c(F)c(C)cc(F)c2F)CC1. The number of para-hydroxylation sites is 2. The van der Waals surface area contributed by atoms with Crippen LogP contribution in [0.25, 0.3) is 4.85 Å². The fourth-order valence-electron chi connectivity index (χ4n) is 4.12. The largest absolute Gasteiger partial charge is 0.481 e. The zero-order valence-electron chi connectivity index (χ0n) is 21.7. The molecule has 0 unspecified atom stereocenters. The standard InChI is InChI=1S/C27H25F3N4O7/c1-14-11-16(28)23(30)24(22(14)29)41-13-20(35)19(12-21(36)37)33-25(38)15-7-9-34(10-8-15)27(40)26(39)32-18-6-4-3-5-17(18)31-2/h3-6,11,15,19H,7-10,12-13H2,1H3,(H,32,39)(H,33,38)(H,36,37)/t19-/m0/s1. The van der Waals surface area contributed by atoms with Crippen LogP contribution >= 0.6 is 0 Å². The molecule has 14 heteroatoms. The van der Waals surface area contributed by atoms with Gasteiger partial charge in [-0.1, -0.05) is 18.2 Å². The molecule has 0 bridgehead atoms. The molecule has 1 atom stereocenters. The van der Waals surface area contributed by atoms with Crippen LogP contribution in [0.15, 0.2) is 30.3 Å². The van der Waals surface area contributed by atoms with Gasteiger partial charge in [-0.3, -0.25) is 24.0 Å². The first-order valence-electron chi connectivity index (χ1n) is 12.3. The van der Waals surface area contributed by atoms with Crippen LogP contribution in [0.4, 0.5) is 24.5 Å². The molecule has 0 saturated carbocycles. The van der Waals surface area contributed by atoms with E-state index in [9.17, 15) is 42.3 Å². The highest BCUT2D eigenvalue weighted by molar-refractivity contribution is 6.39. The number of piperidine rings is 1. The molecule has 41 heavy (non-hydrogen) atoms. The molecular formula is C27H25F3N4O7. The highest BCUT2D eigenvalue weighted by Gasteiger charge is 2.33. The highest BCUT2D eigenvalue weighted by atomic mass is 19.2. The van der Waals surface area contributed by atoms with E-state index < -0.39 is 77.7 Å². The number of nitrogens with one attached hydrogen (secondary N) is 2. The summed E-state index contributed by atoms with van der Waals surface area (Å²) in [5.41, 5.74) is 0.0460. The summed E-state index contributed by atoms with van der Waals surface area (Å²) in [7, 11) is 0. The van der Waals surface area contributed by atoms with Gasteiger partial charge in [0.2, 0.25) is 17.4 Å². The third-order valence-corrected chi connectivity index (χ3v) is 6.36. The summed E-state index contributed by atoms with van der Waals surface area (Å²) in [5, 5.41) is 13.9.